The van der Waals surface area contributed by atoms with E-state index in [4.69, 9.17) is 4.74 Å². The van der Waals surface area contributed by atoms with Crippen LogP contribution in [0.15, 0.2) is 63.6 Å². The number of nitrogens with zero attached hydrogens (tertiary/aromatic N) is 2. The van der Waals surface area contributed by atoms with Crippen LogP contribution in [0.2, 0.25) is 0 Å². The molecule has 0 aliphatic carbocycles. The third kappa shape index (κ3) is 5.51. The standard InChI is InChI=1S/C20H15F2N3O4S/c1-28-18(26)9-17-19(27)24-20(30-17)25-23-10-12-4-2-3-5-13(12)11-29-16-8-14(21)6-7-15(16)22/h2-10H,11H2,1H3,(H,24,25,27)/b17-9+,23-10?. The lowest BCUT2D eigenvalue weighted by Gasteiger charge is -2.09. The van der Waals surface area contributed by atoms with Crippen LogP contribution in [0.25, 0.3) is 0 Å². The number of carbonyl (C=O) groups is 2. The van der Waals surface area contributed by atoms with Crippen LogP contribution in [-0.2, 0) is 20.9 Å². The van der Waals surface area contributed by atoms with Gasteiger partial charge in [0.15, 0.2) is 16.7 Å². The van der Waals surface area contributed by atoms with Crippen LogP contribution < -0.4 is 10.1 Å². The molecule has 1 aliphatic rings. The number of hydrogen-bond donors (Lipinski definition) is 1. The molecule has 1 heterocycles. The number of nitrogens with one attached hydrogen (secondary N) is 1. The molecule has 0 unspecified atom stereocenters. The van der Waals surface area contributed by atoms with Gasteiger partial charge in [0.1, 0.15) is 12.4 Å². The van der Waals surface area contributed by atoms with Crippen molar-refractivity contribution in [1.82, 2.24) is 5.32 Å². The number of halogens is 2. The molecular formula is C20H15F2N3O4S. The highest BCUT2D eigenvalue weighted by atomic mass is 32.2. The summed E-state index contributed by atoms with van der Waals surface area (Å²) >= 11 is 0.946. The van der Waals surface area contributed by atoms with Crippen molar-refractivity contribution in [2.75, 3.05) is 7.11 Å². The molecule has 0 radical (unpaired) electrons. The highest BCUT2D eigenvalue weighted by Crippen LogP contribution is 2.23. The molecule has 1 amide bonds. The second-order valence-electron chi connectivity index (χ2n) is 5.80. The van der Waals surface area contributed by atoms with Gasteiger partial charge in [0.05, 0.1) is 18.2 Å². The second-order valence-corrected chi connectivity index (χ2v) is 6.83. The van der Waals surface area contributed by atoms with Crippen molar-refractivity contribution >= 4 is 35.0 Å². The van der Waals surface area contributed by atoms with Crippen LogP contribution in [0.5, 0.6) is 5.75 Å². The molecule has 3 rings (SSSR count). The fraction of sp³-hybridized carbons (Fsp3) is 0.100. The van der Waals surface area contributed by atoms with E-state index in [1.165, 1.54) is 13.3 Å². The van der Waals surface area contributed by atoms with Crippen molar-refractivity contribution in [3.05, 3.63) is 76.2 Å². The van der Waals surface area contributed by atoms with Gasteiger partial charge < -0.3 is 9.47 Å². The van der Waals surface area contributed by atoms with Gasteiger partial charge in [0.25, 0.3) is 5.91 Å². The summed E-state index contributed by atoms with van der Waals surface area (Å²) in [5.41, 5.74) is 1.30. The molecule has 0 atom stereocenters. The van der Waals surface area contributed by atoms with Crippen molar-refractivity contribution in [2.45, 2.75) is 6.61 Å². The topological polar surface area (TPSA) is 89.3 Å². The van der Waals surface area contributed by atoms with Crippen LogP contribution in [0.4, 0.5) is 8.78 Å². The average Bonchev–Trinajstić information content (AvgIpc) is 3.08. The molecule has 10 heteroatoms. The number of rotatable bonds is 6. The smallest absolute Gasteiger partial charge is 0.331 e. The molecule has 30 heavy (non-hydrogen) atoms. The molecule has 1 N–H and O–H groups in total. The van der Waals surface area contributed by atoms with Crippen LogP contribution in [0, 0.1) is 11.6 Å². The number of methoxy groups -OCH3 is 1. The molecule has 1 aliphatic heterocycles. The van der Waals surface area contributed by atoms with Gasteiger partial charge in [-0.3, -0.25) is 10.1 Å². The Hall–Kier alpha value is -3.53. The third-order valence-electron chi connectivity index (χ3n) is 3.78. The van der Waals surface area contributed by atoms with Crippen LogP contribution >= 0.6 is 11.8 Å². The Morgan fingerprint density at radius 1 is 1.23 bits per heavy atom. The molecule has 2 aromatic rings. The Bertz CT molecular complexity index is 1070. The first-order valence-electron chi connectivity index (χ1n) is 8.52. The maximum absolute atomic E-state index is 13.7. The lowest BCUT2D eigenvalue weighted by atomic mass is 10.1. The summed E-state index contributed by atoms with van der Waals surface area (Å²) in [6.45, 7) is -0.0172. The van der Waals surface area contributed by atoms with E-state index in [0.717, 1.165) is 36.0 Å². The molecule has 7 nitrogen and oxygen atoms in total. The molecule has 0 saturated carbocycles. The predicted octanol–water partition coefficient (Wildman–Crippen LogP) is 3.15. The van der Waals surface area contributed by atoms with Gasteiger partial charge >= 0.3 is 5.97 Å². The molecule has 2 aromatic carbocycles. The summed E-state index contributed by atoms with van der Waals surface area (Å²) in [5, 5.41) is 10.5. The largest absolute Gasteiger partial charge is 0.486 e. The molecule has 0 aromatic heterocycles. The van der Waals surface area contributed by atoms with E-state index >= 15 is 0 Å². The fourth-order valence-corrected chi connectivity index (χ4v) is 3.06. The first kappa shape index (κ1) is 21.2. The Kier molecular flexibility index (Phi) is 6.91. The lowest BCUT2D eigenvalue weighted by Crippen LogP contribution is -2.19. The summed E-state index contributed by atoms with van der Waals surface area (Å²) in [6.07, 6.45) is 2.49. The van der Waals surface area contributed by atoms with E-state index in [0.29, 0.717) is 11.1 Å². The van der Waals surface area contributed by atoms with E-state index < -0.39 is 23.5 Å². The number of amides is 1. The van der Waals surface area contributed by atoms with Crippen LogP contribution in [0.3, 0.4) is 0 Å². The lowest BCUT2D eigenvalue weighted by molar-refractivity contribution is -0.135. The number of hydrogen-bond acceptors (Lipinski definition) is 7. The second kappa shape index (κ2) is 9.79. The van der Waals surface area contributed by atoms with Crippen LogP contribution in [-0.4, -0.2) is 30.4 Å². The van der Waals surface area contributed by atoms with E-state index in [1.54, 1.807) is 24.3 Å². The van der Waals surface area contributed by atoms with Gasteiger partial charge in [0, 0.05) is 17.7 Å². The van der Waals surface area contributed by atoms with Gasteiger partial charge in [0.2, 0.25) is 0 Å². The number of thioether (sulfide) groups is 1. The SMILES string of the molecule is COC(=O)/C=C1/S/C(=N\N=Cc2ccccc2COc2cc(F)ccc2F)NC1=O. The predicted molar refractivity (Wildman–Crippen MR) is 108 cm³/mol. The quantitative estimate of drug-likeness (QED) is 0.329. The monoisotopic (exact) mass is 431 g/mol. The van der Waals surface area contributed by atoms with Gasteiger partial charge in [-0.25, -0.2) is 13.6 Å². The molecule has 0 spiro atoms. The maximum Gasteiger partial charge on any atom is 0.331 e. The zero-order valence-corrected chi connectivity index (χ0v) is 16.4. The molecule has 154 valence electrons. The van der Waals surface area contributed by atoms with Crippen molar-refractivity contribution in [2.24, 2.45) is 10.2 Å². The van der Waals surface area contributed by atoms with Crippen molar-refractivity contribution in [3.8, 4) is 5.75 Å². The van der Waals surface area contributed by atoms with E-state index in [-0.39, 0.29) is 22.4 Å². The van der Waals surface area contributed by atoms with Crippen molar-refractivity contribution < 1.29 is 27.8 Å². The summed E-state index contributed by atoms with van der Waals surface area (Å²) in [6, 6.07) is 9.99. The summed E-state index contributed by atoms with van der Waals surface area (Å²) in [4.78, 5) is 23.2. The highest BCUT2D eigenvalue weighted by molar-refractivity contribution is 8.18. The van der Waals surface area contributed by atoms with Crippen molar-refractivity contribution in [1.29, 1.82) is 0 Å². The maximum atomic E-state index is 13.7. The molecule has 1 saturated heterocycles. The molecule has 0 bridgehead atoms. The summed E-state index contributed by atoms with van der Waals surface area (Å²) in [7, 11) is 1.21. The highest BCUT2D eigenvalue weighted by Gasteiger charge is 2.25. The van der Waals surface area contributed by atoms with Crippen LogP contribution in [0.1, 0.15) is 11.1 Å². The van der Waals surface area contributed by atoms with E-state index in [9.17, 15) is 18.4 Å². The Morgan fingerprint density at radius 3 is 2.83 bits per heavy atom. The normalized spacial score (nSPS) is 16.3. The first-order chi connectivity index (χ1) is 14.5. The van der Waals surface area contributed by atoms with Gasteiger partial charge in [-0.2, -0.15) is 5.10 Å². The third-order valence-corrected chi connectivity index (χ3v) is 4.68. The summed E-state index contributed by atoms with van der Waals surface area (Å²) < 4.78 is 36.8. The Labute approximate surface area is 174 Å². The van der Waals surface area contributed by atoms with E-state index in [1.807, 2.05) is 0 Å². The molecular weight excluding hydrogens is 416 g/mol. The minimum Gasteiger partial charge on any atom is -0.486 e. The summed E-state index contributed by atoms with van der Waals surface area (Å²) in [5.74, 6) is -2.60. The number of amidine groups is 1. The van der Waals surface area contributed by atoms with E-state index in [2.05, 4.69) is 20.3 Å². The van der Waals surface area contributed by atoms with Gasteiger partial charge in [-0.1, -0.05) is 24.3 Å². The average molecular weight is 431 g/mol. The Morgan fingerprint density at radius 2 is 2.03 bits per heavy atom. The first-order valence-corrected chi connectivity index (χ1v) is 9.33. The number of benzene rings is 2. The Balaban J connectivity index is 1.69. The fourth-order valence-electron chi connectivity index (χ4n) is 2.32. The van der Waals surface area contributed by atoms with Crippen molar-refractivity contribution in [3.63, 3.8) is 0 Å². The number of esters is 1. The van der Waals surface area contributed by atoms with Gasteiger partial charge in [-0.15, -0.1) is 5.10 Å². The minimum atomic E-state index is -0.668. The zero-order valence-electron chi connectivity index (χ0n) is 15.6. The molecule has 1 fully saturated rings. The number of ether oxygens (including phenoxy) is 2. The minimum absolute atomic E-state index is 0.0172. The zero-order chi connectivity index (χ0) is 21.5. The number of carbonyl (C=O) groups excluding carboxylic acids is 2. The van der Waals surface area contributed by atoms with Gasteiger partial charge in [-0.05, 0) is 29.5 Å².